The van der Waals surface area contributed by atoms with Crippen molar-refractivity contribution in [3.63, 3.8) is 0 Å². The smallest absolute Gasteiger partial charge is 0.317 e. The van der Waals surface area contributed by atoms with E-state index in [1.807, 2.05) is 42.5 Å². The first-order valence-electron chi connectivity index (χ1n) is 15.0. The maximum atomic E-state index is 12.5. The van der Waals surface area contributed by atoms with E-state index in [-0.39, 0.29) is 24.7 Å². The van der Waals surface area contributed by atoms with Gasteiger partial charge < -0.3 is 39.6 Å². The lowest BCUT2D eigenvalue weighted by atomic mass is 10.1. The summed E-state index contributed by atoms with van der Waals surface area (Å²) in [4.78, 5) is 26.4. The standard InChI is InChI=1S/C32H47N3O7/c1-25(2)23-39-20-21-40-28-9-11-29(12-10-28)41-24-27(36)22-33-16-17-34-32(38)35-18-14-30(15-19-35)42-31(37)13-8-26-6-4-3-5-7-26/h3-7,9-12,25,27,30,33,36H,8,13-24H2,1-2H3,(H,34,38). The van der Waals surface area contributed by atoms with E-state index in [0.29, 0.717) is 83.3 Å². The number of nitrogens with one attached hydrogen (secondary N) is 2. The Kier molecular flexibility index (Phi) is 15.0. The lowest BCUT2D eigenvalue weighted by Crippen LogP contribution is -2.47. The molecule has 3 N–H and O–H groups in total. The van der Waals surface area contributed by atoms with Crippen molar-refractivity contribution in [1.82, 2.24) is 15.5 Å². The zero-order valence-corrected chi connectivity index (χ0v) is 25.0. The highest BCUT2D eigenvalue weighted by molar-refractivity contribution is 5.74. The molecule has 0 aromatic heterocycles. The van der Waals surface area contributed by atoms with Gasteiger partial charge in [0, 0.05) is 58.6 Å². The summed E-state index contributed by atoms with van der Waals surface area (Å²) in [6.45, 7) is 8.51. The summed E-state index contributed by atoms with van der Waals surface area (Å²) >= 11 is 0. The average Bonchev–Trinajstić information content (AvgIpc) is 3.00. The van der Waals surface area contributed by atoms with Crippen molar-refractivity contribution >= 4 is 12.0 Å². The van der Waals surface area contributed by atoms with Gasteiger partial charge in [-0.25, -0.2) is 4.79 Å². The molecule has 0 radical (unpaired) electrons. The number of carbonyl (C=O) groups excluding carboxylic acids is 2. The summed E-state index contributed by atoms with van der Waals surface area (Å²) in [5.41, 5.74) is 1.12. The third-order valence-corrected chi connectivity index (χ3v) is 6.66. The first-order chi connectivity index (χ1) is 20.4. The van der Waals surface area contributed by atoms with Crippen molar-refractivity contribution in [2.45, 2.75) is 51.7 Å². The first kappa shape index (κ1) is 33.2. The molecule has 2 aromatic carbocycles. The number of benzene rings is 2. The van der Waals surface area contributed by atoms with Crippen LogP contribution >= 0.6 is 0 Å². The normalized spacial score (nSPS) is 14.4. The van der Waals surface area contributed by atoms with Gasteiger partial charge >= 0.3 is 12.0 Å². The molecule has 10 nitrogen and oxygen atoms in total. The van der Waals surface area contributed by atoms with Crippen LogP contribution in [0, 0.1) is 5.92 Å². The molecular weight excluding hydrogens is 538 g/mol. The summed E-state index contributed by atoms with van der Waals surface area (Å²) in [7, 11) is 0. The highest BCUT2D eigenvalue weighted by Crippen LogP contribution is 2.18. The second-order valence-electron chi connectivity index (χ2n) is 10.9. The number of nitrogens with zero attached hydrogens (tertiary/aromatic N) is 1. The van der Waals surface area contributed by atoms with Crippen LogP contribution < -0.4 is 20.1 Å². The number of piperidine rings is 1. The molecule has 42 heavy (non-hydrogen) atoms. The van der Waals surface area contributed by atoms with Gasteiger partial charge in [0.15, 0.2) is 0 Å². The molecule has 0 aliphatic carbocycles. The minimum Gasteiger partial charge on any atom is -0.491 e. The summed E-state index contributed by atoms with van der Waals surface area (Å²) in [5, 5.41) is 16.2. The Morgan fingerprint density at radius 1 is 0.929 bits per heavy atom. The molecule has 0 saturated carbocycles. The SMILES string of the molecule is CC(C)COCCOc1ccc(OCC(O)CNCCNC(=O)N2CCC(OC(=O)CCc3ccccc3)CC2)cc1. The van der Waals surface area contributed by atoms with E-state index in [1.54, 1.807) is 17.0 Å². The zero-order valence-electron chi connectivity index (χ0n) is 25.0. The van der Waals surface area contributed by atoms with Gasteiger partial charge in [-0.2, -0.15) is 0 Å². The van der Waals surface area contributed by atoms with Crippen molar-refractivity contribution in [3.8, 4) is 11.5 Å². The van der Waals surface area contributed by atoms with Crippen LogP contribution in [0.25, 0.3) is 0 Å². The molecule has 2 amide bonds. The number of carbonyl (C=O) groups is 2. The van der Waals surface area contributed by atoms with Crippen molar-refractivity contribution < 1.29 is 33.6 Å². The summed E-state index contributed by atoms with van der Waals surface area (Å²) in [6.07, 6.45) is 1.46. The van der Waals surface area contributed by atoms with Gasteiger partial charge in [-0.1, -0.05) is 44.2 Å². The molecular formula is C32H47N3O7. The molecule has 1 atom stereocenters. The maximum absolute atomic E-state index is 12.5. The van der Waals surface area contributed by atoms with Crippen LogP contribution in [0.1, 0.15) is 38.7 Å². The third-order valence-electron chi connectivity index (χ3n) is 6.66. The van der Waals surface area contributed by atoms with E-state index in [4.69, 9.17) is 18.9 Å². The Labute approximate surface area is 249 Å². The highest BCUT2D eigenvalue weighted by atomic mass is 16.5. The fourth-order valence-electron chi connectivity index (χ4n) is 4.37. The van der Waals surface area contributed by atoms with E-state index < -0.39 is 6.10 Å². The minimum absolute atomic E-state index is 0.134. The Bertz CT molecular complexity index is 1030. The number of rotatable bonds is 18. The number of aliphatic hydroxyl groups is 1. The molecule has 1 aliphatic rings. The number of urea groups is 1. The van der Waals surface area contributed by atoms with Gasteiger partial charge in [0.2, 0.25) is 0 Å². The van der Waals surface area contributed by atoms with Crippen molar-refractivity contribution in [3.05, 3.63) is 60.2 Å². The molecule has 1 saturated heterocycles. The first-order valence-corrected chi connectivity index (χ1v) is 15.0. The predicted octanol–water partition coefficient (Wildman–Crippen LogP) is 3.42. The number of aryl methyl sites for hydroxylation is 1. The molecule has 3 rings (SSSR count). The highest BCUT2D eigenvalue weighted by Gasteiger charge is 2.25. The number of esters is 1. The lowest BCUT2D eigenvalue weighted by molar-refractivity contribution is -0.150. The zero-order chi connectivity index (χ0) is 30.0. The van der Waals surface area contributed by atoms with Crippen molar-refractivity contribution in [2.24, 2.45) is 5.92 Å². The van der Waals surface area contributed by atoms with Gasteiger partial charge in [0.05, 0.1) is 6.61 Å². The summed E-state index contributed by atoms with van der Waals surface area (Å²) in [5.74, 6) is 1.70. The van der Waals surface area contributed by atoms with E-state index in [9.17, 15) is 14.7 Å². The van der Waals surface area contributed by atoms with Crippen LogP contribution in [0.4, 0.5) is 4.79 Å². The number of ether oxygens (including phenoxy) is 4. The average molecular weight is 586 g/mol. The van der Waals surface area contributed by atoms with E-state index in [2.05, 4.69) is 24.5 Å². The van der Waals surface area contributed by atoms with Crippen LogP contribution in [0.3, 0.4) is 0 Å². The molecule has 232 valence electrons. The van der Waals surface area contributed by atoms with Gasteiger partial charge in [0.1, 0.15) is 36.9 Å². The number of amides is 2. The van der Waals surface area contributed by atoms with E-state index >= 15 is 0 Å². The van der Waals surface area contributed by atoms with Crippen LogP contribution in [-0.4, -0.2) is 93.4 Å². The van der Waals surface area contributed by atoms with E-state index in [1.165, 1.54) is 0 Å². The van der Waals surface area contributed by atoms with Crippen molar-refractivity contribution in [2.75, 3.05) is 59.2 Å². The van der Waals surface area contributed by atoms with Crippen LogP contribution in [0.5, 0.6) is 11.5 Å². The van der Waals surface area contributed by atoms with Crippen LogP contribution in [0.2, 0.25) is 0 Å². The summed E-state index contributed by atoms with van der Waals surface area (Å²) in [6, 6.07) is 17.0. The fourth-order valence-corrected chi connectivity index (χ4v) is 4.37. The summed E-state index contributed by atoms with van der Waals surface area (Å²) < 4.78 is 22.4. The number of hydrogen-bond donors (Lipinski definition) is 3. The molecule has 2 aromatic rings. The largest absolute Gasteiger partial charge is 0.491 e. The van der Waals surface area contributed by atoms with Gasteiger partial charge in [0.25, 0.3) is 0 Å². The van der Waals surface area contributed by atoms with Crippen molar-refractivity contribution in [1.29, 1.82) is 0 Å². The van der Waals surface area contributed by atoms with Gasteiger partial charge in [-0.05, 0) is 42.2 Å². The van der Waals surface area contributed by atoms with Gasteiger partial charge in [-0.3, -0.25) is 4.79 Å². The second-order valence-corrected chi connectivity index (χ2v) is 10.9. The molecule has 1 fully saturated rings. The Morgan fingerprint density at radius 2 is 1.62 bits per heavy atom. The molecule has 10 heteroatoms. The van der Waals surface area contributed by atoms with E-state index in [0.717, 1.165) is 17.9 Å². The molecule has 1 heterocycles. The molecule has 0 bridgehead atoms. The third kappa shape index (κ3) is 13.5. The number of hydrogen-bond acceptors (Lipinski definition) is 8. The van der Waals surface area contributed by atoms with Gasteiger partial charge in [-0.15, -0.1) is 0 Å². The fraction of sp³-hybridized carbons (Fsp3) is 0.562. The molecule has 1 unspecified atom stereocenters. The Balaban J connectivity index is 1.18. The number of likely N-dealkylation sites (tertiary alicyclic amines) is 1. The lowest BCUT2D eigenvalue weighted by Gasteiger charge is -2.31. The van der Waals surface area contributed by atoms with Crippen LogP contribution in [-0.2, 0) is 20.7 Å². The Hall–Kier alpha value is -3.34. The predicted molar refractivity (Wildman–Crippen MR) is 161 cm³/mol. The topological polar surface area (TPSA) is 119 Å². The van der Waals surface area contributed by atoms with Crippen LogP contribution in [0.15, 0.2) is 54.6 Å². The minimum atomic E-state index is -0.691. The quantitative estimate of drug-likeness (QED) is 0.180. The number of aliphatic hydroxyl groups excluding tert-OH is 1. The Morgan fingerprint density at radius 3 is 2.31 bits per heavy atom. The molecule has 0 spiro atoms. The maximum Gasteiger partial charge on any atom is 0.317 e. The second kappa shape index (κ2) is 19.0. The molecule has 1 aliphatic heterocycles. The monoisotopic (exact) mass is 585 g/mol.